The number of nitrogens with zero attached hydrogens (tertiary/aromatic N) is 3. The Labute approximate surface area is 150 Å². The van der Waals surface area contributed by atoms with Crippen molar-refractivity contribution in [2.75, 3.05) is 10.6 Å². The van der Waals surface area contributed by atoms with Gasteiger partial charge in [-0.25, -0.2) is 9.37 Å². The molecule has 0 aliphatic rings. The van der Waals surface area contributed by atoms with Crippen molar-refractivity contribution in [1.29, 1.82) is 0 Å². The maximum Gasteiger partial charge on any atom is 0.229 e. The first-order chi connectivity index (χ1) is 12.7. The summed E-state index contributed by atoms with van der Waals surface area (Å²) in [6.45, 7) is 1.89. The van der Waals surface area contributed by atoms with Gasteiger partial charge in [-0.3, -0.25) is 4.98 Å². The van der Waals surface area contributed by atoms with E-state index >= 15 is 0 Å². The molecule has 0 saturated carbocycles. The second-order valence-corrected chi connectivity index (χ2v) is 5.86. The minimum absolute atomic E-state index is 0.278. The van der Waals surface area contributed by atoms with Gasteiger partial charge >= 0.3 is 0 Å². The van der Waals surface area contributed by atoms with Crippen molar-refractivity contribution in [3.05, 3.63) is 78.4 Å². The number of nitrogens with one attached hydrogen (secondary N) is 2. The lowest BCUT2D eigenvalue weighted by Gasteiger charge is -2.11. The van der Waals surface area contributed by atoms with Crippen LogP contribution in [0.15, 0.2) is 66.9 Å². The van der Waals surface area contributed by atoms with E-state index in [2.05, 4.69) is 25.6 Å². The molecule has 0 radical (unpaired) electrons. The van der Waals surface area contributed by atoms with Gasteiger partial charge in [-0.05, 0) is 43.3 Å². The van der Waals surface area contributed by atoms with Gasteiger partial charge in [-0.1, -0.05) is 18.2 Å². The van der Waals surface area contributed by atoms with Crippen LogP contribution in [0, 0.1) is 12.7 Å². The van der Waals surface area contributed by atoms with E-state index in [0.29, 0.717) is 11.8 Å². The molecule has 0 fully saturated rings. The number of pyridine rings is 1. The summed E-state index contributed by atoms with van der Waals surface area (Å²) in [7, 11) is 0. The summed E-state index contributed by atoms with van der Waals surface area (Å²) >= 11 is 0. The smallest absolute Gasteiger partial charge is 0.229 e. The monoisotopic (exact) mass is 345 g/mol. The maximum absolute atomic E-state index is 13.1. The molecule has 0 amide bonds. The molecule has 6 heteroatoms. The number of rotatable bonds is 4. The Balaban J connectivity index is 1.64. The first-order valence-corrected chi connectivity index (χ1v) is 8.16. The van der Waals surface area contributed by atoms with Gasteiger partial charge in [0.05, 0.1) is 11.2 Å². The minimum Gasteiger partial charge on any atom is -0.340 e. The fourth-order valence-corrected chi connectivity index (χ4v) is 2.70. The summed E-state index contributed by atoms with van der Waals surface area (Å²) in [4.78, 5) is 13.4. The highest BCUT2D eigenvalue weighted by atomic mass is 19.1. The highest BCUT2D eigenvalue weighted by Gasteiger charge is 2.07. The lowest BCUT2D eigenvalue weighted by molar-refractivity contribution is 0.628. The summed E-state index contributed by atoms with van der Waals surface area (Å²) in [6.07, 6.45) is 1.76. The van der Waals surface area contributed by atoms with Crippen molar-refractivity contribution in [2.24, 2.45) is 0 Å². The zero-order valence-corrected chi connectivity index (χ0v) is 14.1. The molecule has 4 rings (SSSR count). The molecule has 4 aromatic rings. The zero-order chi connectivity index (χ0) is 17.9. The Morgan fingerprint density at radius 2 is 1.69 bits per heavy atom. The van der Waals surface area contributed by atoms with Gasteiger partial charge in [0.25, 0.3) is 0 Å². The number of aromatic nitrogens is 3. The SMILES string of the molecule is Cc1cc(Nc2ccc(F)cc2)nc(Nc2cccc3cccnc23)n1. The number of halogens is 1. The van der Waals surface area contributed by atoms with Crippen molar-refractivity contribution in [1.82, 2.24) is 15.0 Å². The molecule has 2 aromatic carbocycles. The molecular weight excluding hydrogens is 329 g/mol. The fourth-order valence-electron chi connectivity index (χ4n) is 2.70. The molecule has 0 aliphatic carbocycles. The lowest BCUT2D eigenvalue weighted by atomic mass is 10.2. The number of aryl methyl sites for hydroxylation is 1. The van der Waals surface area contributed by atoms with Crippen LogP contribution in [0.1, 0.15) is 5.69 Å². The third-order valence-corrected chi connectivity index (χ3v) is 3.85. The molecule has 2 aromatic heterocycles. The van der Waals surface area contributed by atoms with Crippen LogP contribution in [-0.4, -0.2) is 15.0 Å². The van der Waals surface area contributed by atoms with Crippen LogP contribution >= 0.6 is 0 Å². The Bertz CT molecular complexity index is 1060. The normalized spacial score (nSPS) is 10.7. The third-order valence-electron chi connectivity index (χ3n) is 3.85. The largest absolute Gasteiger partial charge is 0.340 e. The standard InChI is InChI=1S/C20H16FN5/c1-13-12-18(24-16-9-7-15(21)8-10-16)26-20(23-13)25-17-6-2-4-14-5-3-11-22-19(14)17/h2-12H,1H3,(H2,23,24,25,26). The molecule has 0 spiro atoms. The number of fused-ring (bicyclic) bond motifs is 1. The van der Waals surface area contributed by atoms with E-state index < -0.39 is 0 Å². The summed E-state index contributed by atoms with van der Waals surface area (Å²) in [6, 6.07) is 17.8. The number of benzene rings is 2. The fraction of sp³-hybridized carbons (Fsp3) is 0.0500. The molecule has 5 nitrogen and oxygen atoms in total. The highest BCUT2D eigenvalue weighted by Crippen LogP contribution is 2.24. The summed E-state index contributed by atoms with van der Waals surface area (Å²) < 4.78 is 13.1. The quantitative estimate of drug-likeness (QED) is 0.547. The molecule has 2 N–H and O–H groups in total. The minimum atomic E-state index is -0.278. The summed E-state index contributed by atoms with van der Waals surface area (Å²) in [5.41, 5.74) is 3.25. The predicted molar refractivity (Wildman–Crippen MR) is 101 cm³/mol. The zero-order valence-electron chi connectivity index (χ0n) is 14.1. The van der Waals surface area contributed by atoms with Crippen LogP contribution < -0.4 is 10.6 Å². The summed E-state index contributed by atoms with van der Waals surface area (Å²) in [5, 5.41) is 7.44. The second-order valence-electron chi connectivity index (χ2n) is 5.86. The average molecular weight is 345 g/mol. The number of hydrogen-bond donors (Lipinski definition) is 2. The number of para-hydroxylation sites is 1. The molecule has 0 saturated heterocycles. The maximum atomic E-state index is 13.1. The lowest BCUT2D eigenvalue weighted by Crippen LogP contribution is -2.03. The molecular formula is C20H16FN5. The number of hydrogen-bond acceptors (Lipinski definition) is 5. The van der Waals surface area contributed by atoms with E-state index in [0.717, 1.165) is 28.0 Å². The van der Waals surface area contributed by atoms with Crippen molar-refractivity contribution in [3.8, 4) is 0 Å². The average Bonchev–Trinajstić information content (AvgIpc) is 2.64. The molecule has 128 valence electrons. The van der Waals surface area contributed by atoms with Crippen LogP contribution in [0.25, 0.3) is 10.9 Å². The van der Waals surface area contributed by atoms with Crippen molar-refractivity contribution >= 4 is 34.0 Å². The van der Waals surface area contributed by atoms with Crippen LogP contribution in [-0.2, 0) is 0 Å². The molecule has 2 heterocycles. The Kier molecular flexibility index (Phi) is 4.15. The molecule has 26 heavy (non-hydrogen) atoms. The Morgan fingerprint density at radius 1 is 0.885 bits per heavy atom. The molecule has 0 unspecified atom stereocenters. The van der Waals surface area contributed by atoms with Gasteiger partial charge in [-0.2, -0.15) is 4.98 Å². The Morgan fingerprint density at radius 3 is 2.54 bits per heavy atom. The van der Waals surface area contributed by atoms with E-state index in [1.165, 1.54) is 12.1 Å². The number of anilines is 4. The first-order valence-electron chi connectivity index (χ1n) is 8.16. The topological polar surface area (TPSA) is 62.7 Å². The van der Waals surface area contributed by atoms with Crippen LogP contribution in [0.2, 0.25) is 0 Å². The van der Waals surface area contributed by atoms with E-state index in [1.54, 1.807) is 18.3 Å². The van der Waals surface area contributed by atoms with E-state index in [-0.39, 0.29) is 5.82 Å². The van der Waals surface area contributed by atoms with Crippen molar-refractivity contribution in [3.63, 3.8) is 0 Å². The molecule has 0 bridgehead atoms. The second kappa shape index (κ2) is 6.76. The van der Waals surface area contributed by atoms with Gasteiger partial charge in [0.1, 0.15) is 11.6 Å². The molecule has 0 atom stereocenters. The Hall–Kier alpha value is -3.54. The van der Waals surface area contributed by atoms with Gasteiger partial charge in [0.2, 0.25) is 5.95 Å². The van der Waals surface area contributed by atoms with E-state index in [9.17, 15) is 4.39 Å². The van der Waals surface area contributed by atoms with Gasteiger partial charge in [-0.15, -0.1) is 0 Å². The van der Waals surface area contributed by atoms with Crippen LogP contribution in [0.5, 0.6) is 0 Å². The van der Waals surface area contributed by atoms with E-state index in [1.807, 2.05) is 43.3 Å². The predicted octanol–water partition coefficient (Wildman–Crippen LogP) is 4.96. The van der Waals surface area contributed by atoms with Crippen molar-refractivity contribution < 1.29 is 4.39 Å². The van der Waals surface area contributed by atoms with Gasteiger partial charge in [0.15, 0.2) is 0 Å². The third kappa shape index (κ3) is 3.44. The highest BCUT2D eigenvalue weighted by molar-refractivity contribution is 5.91. The van der Waals surface area contributed by atoms with Gasteiger partial charge in [0, 0.05) is 29.0 Å². The summed E-state index contributed by atoms with van der Waals surface area (Å²) in [5.74, 6) is 0.813. The van der Waals surface area contributed by atoms with Crippen LogP contribution in [0.3, 0.4) is 0 Å². The van der Waals surface area contributed by atoms with Gasteiger partial charge < -0.3 is 10.6 Å². The van der Waals surface area contributed by atoms with E-state index in [4.69, 9.17) is 0 Å². The molecule has 0 aliphatic heterocycles. The van der Waals surface area contributed by atoms with Crippen LogP contribution in [0.4, 0.5) is 27.5 Å². The first kappa shape index (κ1) is 16.0. The van der Waals surface area contributed by atoms with Crippen molar-refractivity contribution in [2.45, 2.75) is 6.92 Å².